The van der Waals surface area contributed by atoms with Crippen LogP contribution < -0.4 is 5.73 Å². The van der Waals surface area contributed by atoms with E-state index in [2.05, 4.69) is 6.58 Å². The molecule has 0 aliphatic heterocycles. The maximum absolute atomic E-state index is 5.89. The predicted molar refractivity (Wildman–Crippen MR) is 60.8 cm³/mol. The molecule has 1 atom stereocenters. The van der Waals surface area contributed by atoms with Crippen LogP contribution in [-0.4, -0.2) is 0 Å². The smallest absolute Gasteiger partial charge is 0.0493 e. The summed E-state index contributed by atoms with van der Waals surface area (Å²) in [5.74, 6) is 0. The summed E-state index contributed by atoms with van der Waals surface area (Å²) in [5.41, 5.74) is 6.54. The molecule has 0 saturated heterocycles. The Labute approximate surface area is 93.9 Å². The van der Waals surface area contributed by atoms with E-state index >= 15 is 0 Å². The molecule has 1 aromatic rings. The van der Waals surface area contributed by atoms with E-state index in [0.29, 0.717) is 10.0 Å². The van der Waals surface area contributed by atoms with E-state index in [1.165, 1.54) is 0 Å². The van der Waals surface area contributed by atoms with Crippen LogP contribution in [0, 0.1) is 0 Å². The lowest BCUT2D eigenvalue weighted by Crippen LogP contribution is -2.06. The van der Waals surface area contributed by atoms with Gasteiger partial charge in [-0.2, -0.15) is 0 Å². The van der Waals surface area contributed by atoms with Crippen LogP contribution >= 0.6 is 35.6 Å². The van der Waals surface area contributed by atoms with Crippen LogP contribution in [0.1, 0.15) is 11.6 Å². The van der Waals surface area contributed by atoms with Crippen molar-refractivity contribution >= 4 is 35.6 Å². The Balaban J connectivity index is 0.00000144. The Kier molecular flexibility index (Phi) is 5.42. The molecule has 1 nitrogen and oxygen atoms in total. The molecule has 0 spiro atoms. The van der Waals surface area contributed by atoms with Crippen LogP contribution in [0.2, 0.25) is 10.0 Å². The van der Waals surface area contributed by atoms with E-state index in [1.807, 2.05) is 0 Å². The fourth-order valence-electron chi connectivity index (χ4n) is 0.899. The molecule has 0 bridgehead atoms. The molecule has 0 saturated carbocycles. The Hall–Kier alpha value is -0.210. The van der Waals surface area contributed by atoms with E-state index in [4.69, 9.17) is 28.9 Å². The first-order valence-corrected chi connectivity index (χ1v) is 4.24. The number of rotatable bonds is 2. The van der Waals surface area contributed by atoms with E-state index in [0.717, 1.165) is 5.56 Å². The standard InChI is InChI=1S/C9H9Cl2N.ClH/c1-2-9(12)7-4-3-6(10)5-8(7)11;/h2-5,9H,1,12H2;1H/t9-;/m0./s1. The first-order valence-electron chi connectivity index (χ1n) is 3.48. The average molecular weight is 239 g/mol. The van der Waals surface area contributed by atoms with Crippen molar-refractivity contribution in [3.8, 4) is 0 Å². The second-order valence-corrected chi connectivity index (χ2v) is 3.27. The summed E-state index contributed by atoms with van der Waals surface area (Å²) in [6, 6.07) is 5.00. The molecule has 4 heteroatoms. The highest BCUT2D eigenvalue weighted by atomic mass is 35.5. The van der Waals surface area contributed by atoms with Gasteiger partial charge in [-0.3, -0.25) is 0 Å². The lowest BCUT2D eigenvalue weighted by Gasteiger charge is -2.08. The SMILES string of the molecule is C=C[C@H](N)c1ccc(Cl)cc1Cl.Cl. The lowest BCUT2D eigenvalue weighted by atomic mass is 10.1. The van der Waals surface area contributed by atoms with Gasteiger partial charge in [0.1, 0.15) is 0 Å². The quantitative estimate of drug-likeness (QED) is 0.783. The Bertz CT molecular complexity index is 299. The van der Waals surface area contributed by atoms with E-state index in [9.17, 15) is 0 Å². The van der Waals surface area contributed by atoms with Crippen LogP contribution in [0.25, 0.3) is 0 Å². The molecular formula is C9H10Cl3N. The van der Waals surface area contributed by atoms with Gasteiger partial charge in [-0.1, -0.05) is 35.3 Å². The number of halogens is 3. The number of benzene rings is 1. The topological polar surface area (TPSA) is 26.0 Å². The molecule has 0 amide bonds. The zero-order valence-corrected chi connectivity index (χ0v) is 9.16. The Morgan fingerprint density at radius 1 is 1.38 bits per heavy atom. The number of nitrogens with two attached hydrogens (primary N) is 1. The Morgan fingerprint density at radius 2 is 2.00 bits per heavy atom. The third kappa shape index (κ3) is 3.20. The van der Waals surface area contributed by atoms with Crippen LogP contribution in [-0.2, 0) is 0 Å². The van der Waals surface area contributed by atoms with Crippen molar-refractivity contribution in [2.45, 2.75) is 6.04 Å². The second-order valence-electron chi connectivity index (χ2n) is 2.43. The van der Waals surface area contributed by atoms with Crippen molar-refractivity contribution in [2.75, 3.05) is 0 Å². The molecule has 0 aromatic heterocycles. The van der Waals surface area contributed by atoms with Gasteiger partial charge in [0.15, 0.2) is 0 Å². The van der Waals surface area contributed by atoms with Crippen molar-refractivity contribution in [3.63, 3.8) is 0 Å². The van der Waals surface area contributed by atoms with Gasteiger partial charge in [0.25, 0.3) is 0 Å². The highest BCUT2D eigenvalue weighted by Gasteiger charge is 2.05. The van der Waals surface area contributed by atoms with Crippen molar-refractivity contribution in [2.24, 2.45) is 5.73 Å². The highest BCUT2D eigenvalue weighted by Crippen LogP contribution is 2.25. The molecular weight excluding hydrogens is 228 g/mol. The van der Waals surface area contributed by atoms with Gasteiger partial charge in [-0.05, 0) is 17.7 Å². The minimum atomic E-state index is -0.227. The first-order chi connectivity index (χ1) is 5.65. The molecule has 1 rings (SSSR count). The zero-order chi connectivity index (χ0) is 9.14. The van der Waals surface area contributed by atoms with Crippen molar-refractivity contribution in [3.05, 3.63) is 46.5 Å². The summed E-state index contributed by atoms with van der Waals surface area (Å²) >= 11 is 11.6. The van der Waals surface area contributed by atoms with Crippen LogP contribution in [0.4, 0.5) is 0 Å². The molecule has 0 radical (unpaired) electrons. The van der Waals surface area contributed by atoms with Crippen molar-refractivity contribution in [1.82, 2.24) is 0 Å². The fourth-order valence-corrected chi connectivity index (χ4v) is 1.43. The summed E-state index contributed by atoms with van der Waals surface area (Å²) in [4.78, 5) is 0. The van der Waals surface area contributed by atoms with E-state index in [1.54, 1.807) is 24.3 Å². The fraction of sp³-hybridized carbons (Fsp3) is 0.111. The molecule has 0 aliphatic rings. The third-order valence-electron chi connectivity index (χ3n) is 1.58. The monoisotopic (exact) mass is 237 g/mol. The van der Waals surface area contributed by atoms with Crippen LogP contribution in [0.15, 0.2) is 30.9 Å². The second kappa shape index (κ2) is 5.51. The summed E-state index contributed by atoms with van der Waals surface area (Å²) in [6.45, 7) is 3.58. The maximum atomic E-state index is 5.89. The number of hydrogen-bond donors (Lipinski definition) is 1. The predicted octanol–water partition coefficient (Wildman–Crippen LogP) is 3.60. The summed E-state index contributed by atoms with van der Waals surface area (Å²) in [5, 5.41) is 1.19. The van der Waals surface area contributed by atoms with Crippen LogP contribution in [0.3, 0.4) is 0 Å². The molecule has 13 heavy (non-hydrogen) atoms. The van der Waals surface area contributed by atoms with Gasteiger partial charge < -0.3 is 5.73 Å². The van der Waals surface area contributed by atoms with Gasteiger partial charge in [0.05, 0.1) is 0 Å². The molecule has 0 aliphatic carbocycles. The minimum absolute atomic E-state index is 0. The highest BCUT2D eigenvalue weighted by molar-refractivity contribution is 6.35. The van der Waals surface area contributed by atoms with E-state index in [-0.39, 0.29) is 18.4 Å². The number of hydrogen-bond acceptors (Lipinski definition) is 1. The van der Waals surface area contributed by atoms with Crippen molar-refractivity contribution < 1.29 is 0 Å². The summed E-state index contributed by atoms with van der Waals surface area (Å²) in [7, 11) is 0. The van der Waals surface area contributed by atoms with Gasteiger partial charge in [0.2, 0.25) is 0 Å². The minimum Gasteiger partial charge on any atom is -0.321 e. The van der Waals surface area contributed by atoms with Gasteiger partial charge >= 0.3 is 0 Å². The maximum Gasteiger partial charge on any atom is 0.0493 e. The molecule has 2 N–H and O–H groups in total. The zero-order valence-electron chi connectivity index (χ0n) is 6.84. The third-order valence-corrected chi connectivity index (χ3v) is 2.14. The van der Waals surface area contributed by atoms with Gasteiger partial charge in [-0.15, -0.1) is 19.0 Å². The molecule has 72 valence electrons. The molecule has 0 heterocycles. The average Bonchev–Trinajstić information content (AvgIpc) is 2.03. The molecule has 0 fully saturated rings. The Morgan fingerprint density at radius 3 is 2.46 bits per heavy atom. The summed E-state index contributed by atoms with van der Waals surface area (Å²) < 4.78 is 0. The summed E-state index contributed by atoms with van der Waals surface area (Å²) in [6.07, 6.45) is 1.63. The van der Waals surface area contributed by atoms with Crippen LogP contribution in [0.5, 0.6) is 0 Å². The largest absolute Gasteiger partial charge is 0.321 e. The van der Waals surface area contributed by atoms with Gasteiger partial charge in [-0.25, -0.2) is 0 Å². The molecule has 1 aromatic carbocycles. The first kappa shape index (κ1) is 12.8. The lowest BCUT2D eigenvalue weighted by molar-refractivity contribution is 0.915. The van der Waals surface area contributed by atoms with Crippen molar-refractivity contribution in [1.29, 1.82) is 0 Å². The van der Waals surface area contributed by atoms with E-state index < -0.39 is 0 Å². The normalized spacial score (nSPS) is 11.6. The molecule has 0 unspecified atom stereocenters. The van der Waals surface area contributed by atoms with Gasteiger partial charge in [0, 0.05) is 16.1 Å².